The molecular formula is C20H28N6O2. The number of aliphatic hydroxyl groups excluding tert-OH is 1. The van der Waals surface area contributed by atoms with Crippen molar-refractivity contribution in [3.8, 4) is 0 Å². The van der Waals surface area contributed by atoms with Crippen LogP contribution in [0.5, 0.6) is 0 Å². The van der Waals surface area contributed by atoms with E-state index in [9.17, 15) is 4.79 Å². The molecule has 4 N–H and O–H groups in total. The lowest BCUT2D eigenvalue weighted by Gasteiger charge is -2.16. The van der Waals surface area contributed by atoms with Gasteiger partial charge >= 0.3 is 6.03 Å². The van der Waals surface area contributed by atoms with Crippen LogP contribution >= 0.6 is 0 Å². The molecular weight excluding hydrogens is 356 g/mol. The number of carbonyl (C=O) groups is 1. The number of rotatable bonds is 8. The maximum Gasteiger partial charge on any atom is 0.321 e. The van der Waals surface area contributed by atoms with Gasteiger partial charge in [-0.3, -0.25) is 0 Å². The Morgan fingerprint density at radius 1 is 1.21 bits per heavy atom. The van der Waals surface area contributed by atoms with Gasteiger partial charge in [-0.15, -0.1) is 0 Å². The third-order valence-corrected chi connectivity index (χ3v) is 4.61. The molecule has 1 saturated heterocycles. The van der Waals surface area contributed by atoms with E-state index < -0.39 is 0 Å². The number of carbonyl (C=O) groups excluding carboxylic acids is 1. The van der Waals surface area contributed by atoms with Crippen molar-refractivity contribution in [2.45, 2.75) is 32.6 Å². The van der Waals surface area contributed by atoms with Crippen LogP contribution in [0.4, 0.5) is 27.9 Å². The monoisotopic (exact) mass is 384 g/mol. The molecule has 0 radical (unpaired) electrons. The predicted molar refractivity (Wildman–Crippen MR) is 111 cm³/mol. The van der Waals surface area contributed by atoms with Gasteiger partial charge in [0.2, 0.25) is 5.95 Å². The van der Waals surface area contributed by atoms with E-state index in [2.05, 4.69) is 25.9 Å². The minimum Gasteiger partial charge on any atom is -0.396 e. The maximum atomic E-state index is 12.3. The number of nitrogens with one attached hydrogen (secondary N) is 3. The van der Waals surface area contributed by atoms with Gasteiger partial charge in [-0.25, -0.2) is 9.78 Å². The lowest BCUT2D eigenvalue weighted by Crippen LogP contribution is -2.32. The van der Waals surface area contributed by atoms with Crippen LogP contribution in [0.3, 0.4) is 0 Å². The summed E-state index contributed by atoms with van der Waals surface area (Å²) in [6, 6.07) is 7.46. The number of unbranched alkanes of at least 4 members (excludes halogenated alkanes) is 1. The molecule has 2 aromatic rings. The summed E-state index contributed by atoms with van der Waals surface area (Å²) in [6.07, 6.45) is 5.54. The van der Waals surface area contributed by atoms with Gasteiger partial charge in [-0.2, -0.15) is 4.98 Å². The second kappa shape index (κ2) is 9.89. The van der Waals surface area contributed by atoms with Crippen LogP contribution in [-0.4, -0.2) is 52.2 Å². The van der Waals surface area contributed by atoms with Gasteiger partial charge in [0.05, 0.1) is 0 Å². The Hall–Kier alpha value is -2.87. The highest BCUT2D eigenvalue weighted by molar-refractivity contribution is 5.90. The van der Waals surface area contributed by atoms with E-state index in [-0.39, 0.29) is 12.6 Å². The fourth-order valence-corrected chi connectivity index (χ4v) is 3.05. The normalized spacial score (nSPS) is 13.4. The van der Waals surface area contributed by atoms with Gasteiger partial charge in [-0.1, -0.05) is 6.07 Å². The van der Waals surface area contributed by atoms with E-state index >= 15 is 0 Å². The molecule has 2 heterocycles. The summed E-state index contributed by atoms with van der Waals surface area (Å²) in [5, 5.41) is 18.3. The minimum absolute atomic E-state index is 0.0596. The third-order valence-electron chi connectivity index (χ3n) is 4.61. The van der Waals surface area contributed by atoms with E-state index in [1.807, 2.05) is 36.1 Å². The summed E-state index contributed by atoms with van der Waals surface area (Å²) < 4.78 is 0. The second-order valence-corrected chi connectivity index (χ2v) is 6.91. The Kier molecular flexibility index (Phi) is 7.02. The van der Waals surface area contributed by atoms with Gasteiger partial charge in [-0.05, 0) is 50.8 Å². The highest BCUT2D eigenvalue weighted by Crippen LogP contribution is 2.21. The largest absolute Gasteiger partial charge is 0.396 e. The predicted octanol–water partition coefficient (Wildman–Crippen LogP) is 3.34. The van der Waals surface area contributed by atoms with E-state index in [0.717, 1.165) is 68.1 Å². The van der Waals surface area contributed by atoms with E-state index in [4.69, 9.17) is 5.11 Å². The zero-order valence-corrected chi connectivity index (χ0v) is 16.2. The van der Waals surface area contributed by atoms with Crippen molar-refractivity contribution < 1.29 is 9.90 Å². The topological polar surface area (TPSA) is 102 Å². The average molecular weight is 384 g/mol. The molecule has 1 fully saturated rings. The molecule has 28 heavy (non-hydrogen) atoms. The molecule has 0 bridgehead atoms. The molecule has 8 nitrogen and oxygen atoms in total. The first-order chi connectivity index (χ1) is 13.7. The fraction of sp³-hybridized carbons (Fsp3) is 0.450. The summed E-state index contributed by atoms with van der Waals surface area (Å²) in [4.78, 5) is 23.0. The number of hydrogen-bond acceptors (Lipinski definition) is 6. The number of anilines is 4. The summed E-state index contributed by atoms with van der Waals surface area (Å²) in [5.41, 5.74) is 2.49. The van der Waals surface area contributed by atoms with Gasteiger partial charge < -0.3 is 26.0 Å². The van der Waals surface area contributed by atoms with Crippen molar-refractivity contribution in [3.63, 3.8) is 0 Å². The Labute approximate surface area is 165 Å². The summed E-state index contributed by atoms with van der Waals surface area (Å²) in [7, 11) is 0. The molecule has 8 heteroatoms. The van der Waals surface area contributed by atoms with Crippen LogP contribution < -0.4 is 16.0 Å². The third kappa shape index (κ3) is 5.56. The van der Waals surface area contributed by atoms with Crippen molar-refractivity contribution in [3.05, 3.63) is 36.0 Å². The Morgan fingerprint density at radius 2 is 2.00 bits per heavy atom. The quantitative estimate of drug-likeness (QED) is 0.521. The molecule has 1 aliphatic heterocycles. The van der Waals surface area contributed by atoms with Gasteiger partial charge in [0.25, 0.3) is 0 Å². The SMILES string of the molecule is Cc1cnc(Nc2cccc(NC(=O)N3CCCC3)c2)nc1NCCCCO. The Bertz CT molecular complexity index is 792. The molecule has 1 aliphatic rings. The molecule has 1 aromatic carbocycles. The number of likely N-dealkylation sites (tertiary alicyclic amines) is 1. The van der Waals surface area contributed by atoms with Crippen LogP contribution in [0.1, 0.15) is 31.2 Å². The van der Waals surface area contributed by atoms with Crippen LogP contribution in [0.2, 0.25) is 0 Å². The highest BCUT2D eigenvalue weighted by atomic mass is 16.3. The zero-order valence-electron chi connectivity index (χ0n) is 16.2. The molecule has 150 valence electrons. The van der Waals surface area contributed by atoms with Crippen molar-refractivity contribution >= 4 is 29.2 Å². The van der Waals surface area contributed by atoms with Crippen molar-refractivity contribution in [2.24, 2.45) is 0 Å². The van der Waals surface area contributed by atoms with Crippen LogP contribution in [0.25, 0.3) is 0 Å². The number of hydrogen-bond donors (Lipinski definition) is 4. The van der Waals surface area contributed by atoms with Crippen LogP contribution in [0, 0.1) is 6.92 Å². The number of urea groups is 1. The minimum atomic E-state index is -0.0596. The van der Waals surface area contributed by atoms with E-state index in [1.165, 1.54) is 0 Å². The number of benzene rings is 1. The molecule has 1 aromatic heterocycles. The first-order valence-electron chi connectivity index (χ1n) is 9.77. The standard InChI is InChI=1S/C20H28N6O2/c1-15-14-22-19(25-18(15)21-9-2-5-12-27)23-16-7-6-8-17(13-16)24-20(28)26-10-3-4-11-26/h6-8,13-14,27H,2-5,9-12H2,1H3,(H,24,28)(H2,21,22,23,25). The van der Waals surface area contributed by atoms with Gasteiger partial charge in [0.1, 0.15) is 5.82 Å². The zero-order chi connectivity index (χ0) is 19.8. The van der Waals surface area contributed by atoms with Crippen molar-refractivity contribution in [1.29, 1.82) is 0 Å². The Balaban J connectivity index is 1.62. The smallest absolute Gasteiger partial charge is 0.321 e. The lowest BCUT2D eigenvalue weighted by molar-refractivity contribution is 0.222. The first kappa shape index (κ1) is 19.9. The molecule has 0 spiro atoms. The summed E-state index contributed by atoms with van der Waals surface area (Å²) in [6.45, 7) is 4.52. The number of aromatic nitrogens is 2. The number of aryl methyl sites for hydroxylation is 1. The molecule has 2 amide bonds. The summed E-state index contributed by atoms with van der Waals surface area (Å²) in [5.74, 6) is 1.26. The number of amides is 2. The lowest BCUT2D eigenvalue weighted by atomic mass is 10.2. The van der Waals surface area contributed by atoms with Gasteiger partial charge in [0.15, 0.2) is 0 Å². The Morgan fingerprint density at radius 3 is 2.79 bits per heavy atom. The fourth-order valence-electron chi connectivity index (χ4n) is 3.05. The maximum absolute atomic E-state index is 12.3. The summed E-state index contributed by atoms with van der Waals surface area (Å²) >= 11 is 0. The second-order valence-electron chi connectivity index (χ2n) is 6.91. The average Bonchev–Trinajstić information content (AvgIpc) is 3.23. The van der Waals surface area contributed by atoms with Crippen LogP contribution in [0.15, 0.2) is 30.5 Å². The highest BCUT2D eigenvalue weighted by Gasteiger charge is 2.17. The molecule has 0 aliphatic carbocycles. The van der Waals surface area contributed by atoms with E-state index in [1.54, 1.807) is 6.20 Å². The van der Waals surface area contributed by atoms with Crippen molar-refractivity contribution in [1.82, 2.24) is 14.9 Å². The molecule has 3 rings (SSSR count). The van der Waals surface area contributed by atoms with Gasteiger partial charge in [0, 0.05) is 49.4 Å². The molecule has 0 unspecified atom stereocenters. The number of aliphatic hydroxyl groups is 1. The number of nitrogens with zero attached hydrogens (tertiary/aromatic N) is 3. The van der Waals surface area contributed by atoms with Crippen molar-refractivity contribution in [2.75, 3.05) is 42.2 Å². The molecule has 0 saturated carbocycles. The first-order valence-corrected chi connectivity index (χ1v) is 9.77. The van der Waals surface area contributed by atoms with E-state index in [0.29, 0.717) is 5.95 Å². The molecule has 0 atom stereocenters. The van der Waals surface area contributed by atoms with Crippen LogP contribution in [-0.2, 0) is 0 Å².